The summed E-state index contributed by atoms with van der Waals surface area (Å²) < 4.78 is 17.7. The average Bonchev–Trinajstić information content (AvgIpc) is 3.68. The molecule has 1 aliphatic rings. The summed E-state index contributed by atoms with van der Waals surface area (Å²) in [6, 6.07) is -1.03. The second-order valence-electron chi connectivity index (χ2n) is 24.3. The van der Waals surface area contributed by atoms with E-state index in [0.717, 1.165) is 77.0 Å². The van der Waals surface area contributed by atoms with Gasteiger partial charge in [-0.15, -0.1) is 0 Å². The molecule has 0 saturated carbocycles. The smallest absolute Gasteiger partial charge is 0.306 e. The maximum atomic E-state index is 13.4. The van der Waals surface area contributed by atoms with Crippen molar-refractivity contribution in [2.75, 3.05) is 13.2 Å². The van der Waals surface area contributed by atoms with E-state index in [2.05, 4.69) is 62.5 Å². The fourth-order valence-corrected chi connectivity index (χ4v) is 11.0. The van der Waals surface area contributed by atoms with Crippen molar-refractivity contribution in [1.82, 2.24) is 5.32 Å². The number of hydrogen-bond acceptors (Lipinski definition) is 10. The van der Waals surface area contributed by atoms with Gasteiger partial charge >= 0.3 is 5.97 Å². The van der Waals surface area contributed by atoms with Crippen LogP contribution in [0.1, 0.15) is 329 Å². The lowest BCUT2D eigenvalue weighted by Crippen LogP contribution is -2.61. The molecule has 11 nitrogen and oxygen atoms in total. The van der Waals surface area contributed by atoms with Gasteiger partial charge in [-0.3, -0.25) is 9.59 Å². The minimum Gasteiger partial charge on any atom is -0.454 e. The van der Waals surface area contributed by atoms with Crippen LogP contribution in [0.3, 0.4) is 0 Å². The first-order valence-corrected chi connectivity index (χ1v) is 34.9. The monoisotopic (exact) mass is 1160 g/mol. The highest BCUT2D eigenvalue weighted by Crippen LogP contribution is 2.26. The Balaban J connectivity index is 2.57. The molecule has 11 heteroatoms. The van der Waals surface area contributed by atoms with Crippen LogP contribution in [-0.2, 0) is 23.8 Å². The van der Waals surface area contributed by atoms with Crippen LogP contribution in [0.2, 0.25) is 0 Å². The number of rotatable bonds is 60. The van der Waals surface area contributed by atoms with E-state index in [9.17, 15) is 35.1 Å². The highest BCUT2D eigenvalue weighted by molar-refractivity contribution is 5.80. The van der Waals surface area contributed by atoms with Crippen LogP contribution in [0.15, 0.2) is 48.6 Å². The first-order chi connectivity index (χ1) is 40.2. The van der Waals surface area contributed by atoms with Crippen molar-refractivity contribution in [3.63, 3.8) is 0 Å². The molecule has 8 atom stereocenters. The SMILES string of the molecule is CCCCC/C=C\C/C=C\C/C=C\CCCCCC(O)C(=O)NC(COC1OC(CO)C(O)C(O)C1OC(=O)CCCCCCCCCCCCCCCCCCCCCCCCCCC)C(O)/C=C/CCCCCCCCCCCC. The van der Waals surface area contributed by atoms with E-state index >= 15 is 0 Å². The lowest BCUT2D eigenvalue weighted by atomic mass is 9.99. The number of unbranched alkanes of at least 4 members (excludes halogenated alkanes) is 40. The Labute approximate surface area is 504 Å². The van der Waals surface area contributed by atoms with E-state index < -0.39 is 67.4 Å². The summed E-state index contributed by atoms with van der Waals surface area (Å²) in [6.45, 7) is 5.79. The lowest BCUT2D eigenvalue weighted by molar-refractivity contribution is -0.305. The van der Waals surface area contributed by atoms with Crippen molar-refractivity contribution < 1.29 is 49.3 Å². The fraction of sp³-hybridized carbons (Fsp3) is 0.859. The van der Waals surface area contributed by atoms with Gasteiger partial charge in [-0.1, -0.05) is 307 Å². The Kier molecular flexibility index (Phi) is 55.8. The largest absolute Gasteiger partial charge is 0.454 e. The molecule has 0 aliphatic carbocycles. The molecule has 8 unspecified atom stereocenters. The van der Waals surface area contributed by atoms with E-state index in [1.807, 2.05) is 6.08 Å². The number of ether oxygens (including phenoxy) is 3. The molecule has 6 N–H and O–H groups in total. The normalized spacial score (nSPS) is 18.9. The molecule has 0 radical (unpaired) electrons. The third-order valence-electron chi connectivity index (χ3n) is 16.5. The van der Waals surface area contributed by atoms with Crippen LogP contribution in [-0.4, -0.2) is 99.6 Å². The van der Waals surface area contributed by atoms with Gasteiger partial charge in [-0.25, -0.2) is 0 Å². The van der Waals surface area contributed by atoms with Crippen molar-refractivity contribution in [2.45, 2.75) is 378 Å². The molecule has 1 aliphatic heterocycles. The molecule has 1 fully saturated rings. The first-order valence-electron chi connectivity index (χ1n) is 34.9. The van der Waals surface area contributed by atoms with Gasteiger partial charge in [0, 0.05) is 6.42 Å². The Morgan fingerprint density at radius 3 is 1.28 bits per heavy atom. The highest BCUT2D eigenvalue weighted by atomic mass is 16.7. The Hall–Kier alpha value is -2.38. The molecule has 1 amide bonds. The van der Waals surface area contributed by atoms with Gasteiger partial charge in [0.15, 0.2) is 12.4 Å². The average molecular weight is 1160 g/mol. The summed E-state index contributed by atoms with van der Waals surface area (Å²) in [5.41, 5.74) is 0. The number of hydrogen-bond donors (Lipinski definition) is 6. The fourth-order valence-electron chi connectivity index (χ4n) is 11.0. The third kappa shape index (κ3) is 45.9. The van der Waals surface area contributed by atoms with Crippen molar-refractivity contribution in [2.24, 2.45) is 0 Å². The summed E-state index contributed by atoms with van der Waals surface area (Å²) in [4.78, 5) is 26.6. The van der Waals surface area contributed by atoms with E-state index in [1.165, 1.54) is 205 Å². The molecule has 0 aromatic rings. The molecule has 0 aromatic heterocycles. The number of aliphatic hydroxyl groups excluding tert-OH is 5. The van der Waals surface area contributed by atoms with Gasteiger partial charge in [-0.05, 0) is 64.2 Å². The molecule has 1 rings (SSSR count). The number of esters is 1. The quantitative estimate of drug-likeness (QED) is 0.0195. The van der Waals surface area contributed by atoms with Crippen LogP contribution in [0.5, 0.6) is 0 Å². The van der Waals surface area contributed by atoms with Gasteiger partial charge in [0.1, 0.15) is 24.4 Å². The third-order valence-corrected chi connectivity index (χ3v) is 16.5. The van der Waals surface area contributed by atoms with Crippen molar-refractivity contribution in [3.05, 3.63) is 48.6 Å². The van der Waals surface area contributed by atoms with E-state index in [-0.39, 0.29) is 19.4 Å². The minimum atomic E-state index is -1.62. The molecule has 0 spiro atoms. The lowest BCUT2D eigenvalue weighted by Gasteiger charge is -2.41. The summed E-state index contributed by atoms with van der Waals surface area (Å²) in [7, 11) is 0. The maximum absolute atomic E-state index is 13.4. The molecule has 0 bridgehead atoms. The number of allylic oxidation sites excluding steroid dienone is 7. The zero-order valence-corrected chi connectivity index (χ0v) is 53.4. The Morgan fingerprint density at radius 1 is 0.476 bits per heavy atom. The van der Waals surface area contributed by atoms with Crippen LogP contribution in [0.25, 0.3) is 0 Å². The zero-order chi connectivity index (χ0) is 59.6. The minimum absolute atomic E-state index is 0.125. The second kappa shape index (κ2) is 59.0. The maximum Gasteiger partial charge on any atom is 0.306 e. The predicted molar refractivity (Wildman–Crippen MR) is 343 cm³/mol. The molecular weight excluding hydrogens is 1030 g/mol. The van der Waals surface area contributed by atoms with Gasteiger partial charge in [-0.2, -0.15) is 0 Å². The Morgan fingerprint density at radius 2 is 0.841 bits per heavy atom. The number of nitrogens with one attached hydrogen (secondary N) is 1. The van der Waals surface area contributed by atoms with Crippen molar-refractivity contribution in [3.8, 4) is 0 Å². The van der Waals surface area contributed by atoms with Crippen LogP contribution < -0.4 is 5.32 Å². The van der Waals surface area contributed by atoms with Crippen LogP contribution in [0, 0.1) is 0 Å². The summed E-state index contributed by atoms with van der Waals surface area (Å²) >= 11 is 0. The molecule has 1 saturated heterocycles. The van der Waals surface area contributed by atoms with Gasteiger partial charge in [0.05, 0.1) is 25.4 Å². The Bertz CT molecular complexity index is 1520. The number of carbonyl (C=O) groups is 2. The number of aliphatic hydroxyl groups is 5. The summed E-state index contributed by atoms with van der Waals surface area (Å²) in [6.07, 6.45) is 63.0. The molecule has 0 aromatic carbocycles. The zero-order valence-electron chi connectivity index (χ0n) is 53.4. The second-order valence-corrected chi connectivity index (χ2v) is 24.3. The highest BCUT2D eigenvalue weighted by Gasteiger charge is 2.47. The standard InChI is InChI=1S/C71H131NO10/c1-4-7-10-13-16-19-22-25-27-29-30-31-32-33-34-35-36-37-39-41-44-47-50-53-56-59-66(76)82-69-68(78)67(77)65(60-73)81-71(69)80-61-62(63(74)57-54-51-48-45-42-24-21-18-15-12-9-6-3)72-70(79)64(75)58-55-52-49-46-43-40-38-28-26-23-20-17-14-11-8-5-2/h17,20,26,28,40,43,54,57,62-65,67-69,71,73-75,77-78H,4-16,18-19,21-25,27,29-39,41-42,44-53,55-56,58-61H2,1-3H3,(H,72,79)/b20-17-,28-26-,43-40-,57-54+. The van der Waals surface area contributed by atoms with Crippen molar-refractivity contribution >= 4 is 11.9 Å². The molecule has 1 heterocycles. The van der Waals surface area contributed by atoms with E-state index in [4.69, 9.17) is 14.2 Å². The number of amides is 1. The van der Waals surface area contributed by atoms with Gasteiger partial charge in [0.2, 0.25) is 5.91 Å². The molecular formula is C71H131NO10. The predicted octanol–water partition coefficient (Wildman–Crippen LogP) is 17.6. The van der Waals surface area contributed by atoms with Crippen molar-refractivity contribution in [1.29, 1.82) is 0 Å². The van der Waals surface area contributed by atoms with Crippen LogP contribution in [0.4, 0.5) is 0 Å². The van der Waals surface area contributed by atoms with Crippen LogP contribution >= 0.6 is 0 Å². The summed E-state index contributed by atoms with van der Waals surface area (Å²) in [5.74, 6) is -1.21. The van der Waals surface area contributed by atoms with Gasteiger partial charge < -0.3 is 45.1 Å². The molecule has 82 heavy (non-hydrogen) atoms. The first kappa shape index (κ1) is 77.6. The topological polar surface area (TPSA) is 175 Å². The number of carbonyl (C=O) groups excluding carboxylic acids is 2. The van der Waals surface area contributed by atoms with E-state index in [0.29, 0.717) is 12.8 Å². The molecule has 480 valence electrons. The van der Waals surface area contributed by atoms with E-state index in [1.54, 1.807) is 6.08 Å². The van der Waals surface area contributed by atoms with Gasteiger partial charge in [0.25, 0.3) is 0 Å². The summed E-state index contributed by atoms with van der Waals surface area (Å²) in [5, 5.41) is 57.1.